The Morgan fingerprint density at radius 2 is 1.70 bits per heavy atom. The molecule has 1 rings (SSSR count). The van der Waals surface area contributed by atoms with Crippen molar-refractivity contribution in [1.29, 1.82) is 0 Å². The average Bonchev–Trinajstić information content (AvgIpc) is 2.44. The van der Waals surface area contributed by atoms with Crippen LogP contribution in [0.2, 0.25) is 0 Å². The predicted octanol–water partition coefficient (Wildman–Crippen LogP) is 2.32. The highest BCUT2D eigenvalue weighted by Crippen LogP contribution is 2.36. The largest absolute Gasteiger partial charge is 0.493 e. The molecule has 0 unspecified atom stereocenters. The van der Waals surface area contributed by atoms with Crippen LogP contribution < -0.4 is 15.2 Å². The molecule has 1 aromatic carbocycles. The standard InChI is InChI=1S/C14H21NO4.ClH/c1-14(2,13(16)19-5)12(15)9-6-7-10(17-3)11(8-9)18-4;/h6-8,12H,15H2,1-5H3;1H/t12-;/m1./s1. The molecular formula is C14H22ClNO4. The molecule has 5 nitrogen and oxygen atoms in total. The quantitative estimate of drug-likeness (QED) is 0.845. The minimum Gasteiger partial charge on any atom is -0.493 e. The van der Waals surface area contributed by atoms with Gasteiger partial charge in [0.15, 0.2) is 11.5 Å². The van der Waals surface area contributed by atoms with Crippen molar-refractivity contribution >= 4 is 18.4 Å². The van der Waals surface area contributed by atoms with Gasteiger partial charge >= 0.3 is 5.97 Å². The Morgan fingerprint density at radius 3 is 2.15 bits per heavy atom. The van der Waals surface area contributed by atoms with E-state index in [9.17, 15) is 4.79 Å². The Labute approximate surface area is 125 Å². The second kappa shape index (κ2) is 7.36. The molecule has 20 heavy (non-hydrogen) atoms. The summed E-state index contributed by atoms with van der Waals surface area (Å²) < 4.78 is 15.2. The fourth-order valence-electron chi connectivity index (χ4n) is 1.85. The van der Waals surface area contributed by atoms with Gasteiger partial charge in [0.1, 0.15) is 0 Å². The summed E-state index contributed by atoms with van der Waals surface area (Å²) in [5.41, 5.74) is 6.13. The van der Waals surface area contributed by atoms with E-state index < -0.39 is 11.5 Å². The molecule has 0 radical (unpaired) electrons. The first-order valence-corrected chi connectivity index (χ1v) is 5.94. The summed E-state index contributed by atoms with van der Waals surface area (Å²) in [6.45, 7) is 3.50. The number of nitrogens with two attached hydrogens (primary N) is 1. The second-order valence-electron chi connectivity index (χ2n) is 4.81. The molecule has 0 aliphatic heterocycles. The average molecular weight is 304 g/mol. The van der Waals surface area contributed by atoms with Crippen LogP contribution >= 0.6 is 12.4 Å². The van der Waals surface area contributed by atoms with Crippen LogP contribution in [0.3, 0.4) is 0 Å². The Bertz CT molecular complexity index is 462. The number of benzene rings is 1. The molecule has 2 N–H and O–H groups in total. The third kappa shape index (κ3) is 3.55. The van der Waals surface area contributed by atoms with Crippen molar-refractivity contribution in [3.63, 3.8) is 0 Å². The van der Waals surface area contributed by atoms with E-state index in [0.29, 0.717) is 11.5 Å². The summed E-state index contributed by atoms with van der Waals surface area (Å²) in [6, 6.07) is 4.85. The van der Waals surface area contributed by atoms with Crippen LogP contribution in [0.15, 0.2) is 18.2 Å². The lowest BCUT2D eigenvalue weighted by Crippen LogP contribution is -2.37. The van der Waals surface area contributed by atoms with Crippen LogP contribution in [0.25, 0.3) is 0 Å². The lowest BCUT2D eigenvalue weighted by Gasteiger charge is -2.29. The Morgan fingerprint density at radius 1 is 1.15 bits per heavy atom. The molecule has 0 bridgehead atoms. The van der Waals surface area contributed by atoms with Gasteiger partial charge in [0.2, 0.25) is 0 Å². The highest BCUT2D eigenvalue weighted by Gasteiger charge is 2.36. The monoisotopic (exact) mass is 303 g/mol. The maximum Gasteiger partial charge on any atom is 0.313 e. The summed E-state index contributed by atoms with van der Waals surface area (Å²) in [4.78, 5) is 11.8. The van der Waals surface area contributed by atoms with Crippen molar-refractivity contribution in [3.8, 4) is 11.5 Å². The fraction of sp³-hybridized carbons (Fsp3) is 0.500. The minimum atomic E-state index is -0.825. The Balaban J connectivity index is 0.00000361. The fourth-order valence-corrected chi connectivity index (χ4v) is 1.85. The van der Waals surface area contributed by atoms with Crippen molar-refractivity contribution in [2.75, 3.05) is 21.3 Å². The first-order valence-electron chi connectivity index (χ1n) is 5.94. The number of hydrogen-bond donors (Lipinski definition) is 1. The lowest BCUT2D eigenvalue weighted by molar-refractivity contribution is -0.152. The topological polar surface area (TPSA) is 70.8 Å². The molecule has 0 amide bonds. The molecule has 0 aromatic heterocycles. The molecular weight excluding hydrogens is 282 g/mol. The lowest BCUT2D eigenvalue weighted by atomic mass is 9.81. The van der Waals surface area contributed by atoms with E-state index in [1.165, 1.54) is 7.11 Å². The van der Waals surface area contributed by atoms with E-state index in [2.05, 4.69) is 0 Å². The summed E-state index contributed by atoms with van der Waals surface area (Å²) >= 11 is 0. The molecule has 0 saturated carbocycles. The van der Waals surface area contributed by atoms with Crippen LogP contribution in [-0.2, 0) is 9.53 Å². The second-order valence-corrected chi connectivity index (χ2v) is 4.81. The number of carbonyl (C=O) groups is 1. The van der Waals surface area contributed by atoms with Gasteiger partial charge in [0.05, 0.1) is 26.7 Å². The molecule has 1 atom stereocenters. The van der Waals surface area contributed by atoms with Gasteiger partial charge in [-0.05, 0) is 31.5 Å². The first-order chi connectivity index (χ1) is 8.88. The molecule has 1 aromatic rings. The van der Waals surface area contributed by atoms with Crippen molar-refractivity contribution in [2.24, 2.45) is 11.1 Å². The van der Waals surface area contributed by atoms with E-state index >= 15 is 0 Å². The van der Waals surface area contributed by atoms with Crippen molar-refractivity contribution in [3.05, 3.63) is 23.8 Å². The summed E-state index contributed by atoms with van der Waals surface area (Å²) in [7, 11) is 4.47. The number of ether oxygens (including phenoxy) is 3. The Hall–Kier alpha value is -1.46. The maximum atomic E-state index is 11.8. The number of esters is 1. The molecule has 0 heterocycles. The van der Waals surface area contributed by atoms with Gasteiger partial charge in [-0.3, -0.25) is 4.79 Å². The predicted molar refractivity (Wildman–Crippen MR) is 79.5 cm³/mol. The third-order valence-electron chi connectivity index (χ3n) is 3.26. The highest BCUT2D eigenvalue weighted by molar-refractivity contribution is 5.85. The molecule has 0 spiro atoms. The van der Waals surface area contributed by atoms with Gasteiger partial charge in [-0.15, -0.1) is 12.4 Å². The summed E-state index contributed by atoms with van der Waals surface area (Å²) in [6.07, 6.45) is 0. The van der Waals surface area contributed by atoms with E-state index in [4.69, 9.17) is 19.9 Å². The minimum absolute atomic E-state index is 0. The zero-order chi connectivity index (χ0) is 14.6. The molecule has 0 aliphatic rings. The number of rotatable bonds is 5. The molecule has 0 saturated heterocycles. The van der Waals surface area contributed by atoms with Gasteiger partial charge in [0.25, 0.3) is 0 Å². The van der Waals surface area contributed by atoms with Crippen LogP contribution in [0.4, 0.5) is 0 Å². The summed E-state index contributed by atoms with van der Waals surface area (Å²) in [5, 5.41) is 0. The van der Waals surface area contributed by atoms with Crippen LogP contribution in [-0.4, -0.2) is 27.3 Å². The van der Waals surface area contributed by atoms with Gasteiger partial charge in [-0.25, -0.2) is 0 Å². The normalized spacial score (nSPS) is 12.1. The zero-order valence-corrected chi connectivity index (χ0v) is 13.2. The highest BCUT2D eigenvalue weighted by atomic mass is 35.5. The van der Waals surface area contributed by atoms with E-state index in [1.807, 2.05) is 6.07 Å². The SMILES string of the molecule is COC(=O)C(C)(C)[C@H](N)c1ccc(OC)c(OC)c1.Cl. The van der Waals surface area contributed by atoms with Crippen molar-refractivity contribution < 1.29 is 19.0 Å². The van der Waals surface area contributed by atoms with Crippen LogP contribution in [0.1, 0.15) is 25.5 Å². The smallest absolute Gasteiger partial charge is 0.313 e. The van der Waals surface area contributed by atoms with Crippen LogP contribution in [0.5, 0.6) is 11.5 Å². The molecule has 114 valence electrons. The number of methoxy groups -OCH3 is 3. The van der Waals surface area contributed by atoms with Crippen LogP contribution in [0, 0.1) is 5.41 Å². The van der Waals surface area contributed by atoms with E-state index in [-0.39, 0.29) is 18.4 Å². The molecule has 0 aliphatic carbocycles. The van der Waals surface area contributed by atoms with E-state index in [0.717, 1.165) is 5.56 Å². The number of hydrogen-bond acceptors (Lipinski definition) is 5. The first kappa shape index (κ1) is 18.5. The third-order valence-corrected chi connectivity index (χ3v) is 3.26. The maximum absolute atomic E-state index is 11.8. The van der Waals surface area contributed by atoms with Gasteiger partial charge < -0.3 is 19.9 Å². The molecule has 0 fully saturated rings. The number of halogens is 1. The Kier molecular flexibility index (Phi) is 6.82. The number of carbonyl (C=O) groups excluding carboxylic acids is 1. The van der Waals surface area contributed by atoms with Gasteiger partial charge in [-0.2, -0.15) is 0 Å². The molecule has 6 heteroatoms. The zero-order valence-electron chi connectivity index (χ0n) is 12.4. The van der Waals surface area contributed by atoms with Crippen molar-refractivity contribution in [2.45, 2.75) is 19.9 Å². The summed E-state index contributed by atoms with van der Waals surface area (Å²) in [5.74, 6) is 0.847. The van der Waals surface area contributed by atoms with E-state index in [1.54, 1.807) is 40.2 Å². The van der Waals surface area contributed by atoms with Gasteiger partial charge in [0, 0.05) is 6.04 Å². The van der Waals surface area contributed by atoms with Gasteiger partial charge in [-0.1, -0.05) is 6.07 Å². The van der Waals surface area contributed by atoms with Crippen molar-refractivity contribution in [1.82, 2.24) is 0 Å².